The third-order valence-corrected chi connectivity index (χ3v) is 5.56. The van der Waals surface area contributed by atoms with Crippen LogP contribution in [0.4, 0.5) is 5.69 Å². The Bertz CT molecular complexity index is 770. The summed E-state index contributed by atoms with van der Waals surface area (Å²) in [5.74, 6) is -0.956. The second kappa shape index (κ2) is 6.49. The molecule has 1 aliphatic rings. The number of allylic oxidation sites excluding steroid dienone is 2. The third kappa shape index (κ3) is 3.58. The van der Waals surface area contributed by atoms with Crippen LogP contribution in [0.3, 0.4) is 0 Å². The second-order valence-electron chi connectivity index (χ2n) is 5.65. The lowest BCUT2D eigenvalue weighted by Crippen LogP contribution is -2.38. The number of hydrogen-bond donors (Lipinski definition) is 1. The fraction of sp³-hybridized carbons (Fsp3) is 0.400. The highest BCUT2D eigenvalue weighted by Crippen LogP contribution is 2.27. The van der Waals surface area contributed by atoms with E-state index >= 15 is 0 Å². The Kier molecular flexibility index (Phi) is 4.84. The minimum absolute atomic E-state index is 0.00869. The molecule has 1 aliphatic carbocycles. The van der Waals surface area contributed by atoms with Gasteiger partial charge in [0.1, 0.15) is 0 Å². The van der Waals surface area contributed by atoms with Crippen molar-refractivity contribution in [2.24, 2.45) is 11.8 Å². The average molecular weight is 338 g/mol. The number of sulfonamides is 1. The molecule has 1 aromatic carbocycles. The van der Waals surface area contributed by atoms with Crippen LogP contribution in [0.5, 0.6) is 0 Å². The Morgan fingerprint density at radius 1 is 1.30 bits per heavy atom. The molecule has 0 bridgehead atoms. The Balaban J connectivity index is 2.29. The molecule has 0 saturated carbocycles. The van der Waals surface area contributed by atoms with Gasteiger partial charge in [0, 0.05) is 17.5 Å². The van der Waals surface area contributed by atoms with Gasteiger partial charge in [-0.3, -0.25) is 14.9 Å². The van der Waals surface area contributed by atoms with E-state index in [4.69, 9.17) is 0 Å². The smallest absolute Gasteiger partial charge is 0.273 e. The number of rotatable bonds is 4. The van der Waals surface area contributed by atoms with Crippen LogP contribution in [0, 0.1) is 28.9 Å². The first kappa shape index (κ1) is 17.1. The Labute approximate surface area is 134 Å². The first-order valence-electron chi connectivity index (χ1n) is 7.19. The lowest BCUT2D eigenvalue weighted by molar-refractivity contribution is -0.385. The van der Waals surface area contributed by atoms with Crippen LogP contribution in [0.25, 0.3) is 0 Å². The predicted octanol–water partition coefficient (Wildman–Crippen LogP) is 2.31. The average Bonchev–Trinajstić information content (AvgIpc) is 2.46. The van der Waals surface area contributed by atoms with Gasteiger partial charge >= 0.3 is 0 Å². The van der Waals surface area contributed by atoms with Gasteiger partial charge in [0.2, 0.25) is 5.91 Å². The molecule has 0 heterocycles. The van der Waals surface area contributed by atoms with Gasteiger partial charge in [-0.2, -0.15) is 0 Å². The standard InChI is InChI=1S/C15H18N2O5S/c1-10-6-3-4-7-12(10)15(18)16-23(21,22)14-9-5-8-13(11(14)2)17(19)20/h3-5,8-10,12H,6-7H2,1-2H3,(H,16,18)/t10-,12-/m1/s1. The Morgan fingerprint density at radius 2 is 1.96 bits per heavy atom. The summed E-state index contributed by atoms with van der Waals surface area (Å²) in [6.07, 6.45) is 5.02. The molecule has 7 nitrogen and oxygen atoms in total. The van der Waals surface area contributed by atoms with Gasteiger partial charge in [-0.1, -0.05) is 25.1 Å². The van der Waals surface area contributed by atoms with Crippen molar-refractivity contribution in [3.63, 3.8) is 0 Å². The zero-order valence-electron chi connectivity index (χ0n) is 12.9. The van der Waals surface area contributed by atoms with Gasteiger partial charge in [-0.15, -0.1) is 0 Å². The maximum absolute atomic E-state index is 12.4. The maximum Gasteiger partial charge on any atom is 0.273 e. The number of nitrogens with one attached hydrogen (secondary N) is 1. The van der Waals surface area contributed by atoms with Crippen LogP contribution < -0.4 is 4.72 Å². The van der Waals surface area contributed by atoms with Gasteiger partial charge in [0.15, 0.2) is 0 Å². The van der Waals surface area contributed by atoms with E-state index in [1.807, 2.05) is 19.1 Å². The van der Waals surface area contributed by atoms with Crippen molar-refractivity contribution in [3.05, 3.63) is 46.0 Å². The molecule has 0 radical (unpaired) electrons. The number of nitrogens with zero attached hydrogens (tertiary/aromatic N) is 1. The molecule has 0 saturated heterocycles. The monoisotopic (exact) mass is 338 g/mol. The third-order valence-electron chi connectivity index (χ3n) is 4.06. The molecule has 0 fully saturated rings. The van der Waals surface area contributed by atoms with Crippen LogP contribution in [-0.4, -0.2) is 19.2 Å². The SMILES string of the molecule is Cc1c([N+](=O)[O-])cccc1S(=O)(=O)NC(=O)[C@@H]1CC=CC[C@H]1C. The summed E-state index contributed by atoms with van der Waals surface area (Å²) >= 11 is 0. The topological polar surface area (TPSA) is 106 Å². The molecule has 8 heteroatoms. The van der Waals surface area contributed by atoms with Crippen LogP contribution in [-0.2, 0) is 14.8 Å². The Hall–Kier alpha value is -2.22. The molecule has 1 aromatic rings. The molecule has 124 valence electrons. The quantitative estimate of drug-likeness (QED) is 0.515. The number of amides is 1. The van der Waals surface area contributed by atoms with Crippen molar-refractivity contribution in [1.29, 1.82) is 0 Å². The second-order valence-corrected chi connectivity index (χ2v) is 7.30. The first-order valence-corrected chi connectivity index (χ1v) is 8.68. The maximum atomic E-state index is 12.4. The zero-order chi connectivity index (χ0) is 17.2. The molecular weight excluding hydrogens is 320 g/mol. The van der Waals surface area contributed by atoms with Crippen LogP contribution in [0.15, 0.2) is 35.2 Å². The van der Waals surface area contributed by atoms with Crippen molar-refractivity contribution < 1.29 is 18.1 Å². The summed E-state index contributed by atoms with van der Waals surface area (Å²) < 4.78 is 26.9. The zero-order valence-corrected chi connectivity index (χ0v) is 13.7. The number of nitro benzene ring substituents is 1. The van der Waals surface area contributed by atoms with Crippen molar-refractivity contribution in [2.75, 3.05) is 0 Å². The van der Waals surface area contributed by atoms with Crippen LogP contribution in [0.1, 0.15) is 25.3 Å². The van der Waals surface area contributed by atoms with E-state index in [1.54, 1.807) is 0 Å². The summed E-state index contributed by atoms with van der Waals surface area (Å²) in [5.41, 5.74) is -0.288. The van der Waals surface area contributed by atoms with Crippen LogP contribution in [0.2, 0.25) is 0 Å². The highest BCUT2D eigenvalue weighted by molar-refractivity contribution is 7.90. The van der Waals surface area contributed by atoms with Gasteiger partial charge < -0.3 is 0 Å². The molecule has 1 N–H and O–H groups in total. The fourth-order valence-electron chi connectivity index (χ4n) is 2.67. The van der Waals surface area contributed by atoms with Crippen molar-refractivity contribution >= 4 is 21.6 Å². The van der Waals surface area contributed by atoms with E-state index in [-0.39, 0.29) is 22.1 Å². The van der Waals surface area contributed by atoms with Gasteiger partial charge in [0.25, 0.3) is 15.7 Å². The van der Waals surface area contributed by atoms with E-state index in [0.29, 0.717) is 12.8 Å². The number of nitro groups is 1. The summed E-state index contributed by atoms with van der Waals surface area (Å²) in [5, 5.41) is 10.9. The lowest BCUT2D eigenvalue weighted by atomic mass is 9.84. The number of benzene rings is 1. The highest BCUT2D eigenvalue weighted by atomic mass is 32.2. The van der Waals surface area contributed by atoms with Gasteiger partial charge in [-0.25, -0.2) is 13.1 Å². The number of carbonyl (C=O) groups excluding carboxylic acids is 1. The molecule has 0 spiro atoms. The van der Waals surface area contributed by atoms with Gasteiger partial charge in [0.05, 0.1) is 9.82 Å². The minimum atomic E-state index is -4.15. The number of hydrogen-bond acceptors (Lipinski definition) is 5. The van der Waals surface area contributed by atoms with Crippen LogP contribution >= 0.6 is 0 Å². The normalized spacial score (nSPS) is 21.0. The number of carbonyl (C=O) groups is 1. The molecular formula is C15H18N2O5S. The van der Waals surface area contributed by atoms with Crippen molar-refractivity contribution in [2.45, 2.75) is 31.6 Å². The molecule has 0 aliphatic heterocycles. The van der Waals surface area contributed by atoms with Gasteiger partial charge in [-0.05, 0) is 31.7 Å². The van der Waals surface area contributed by atoms with E-state index < -0.39 is 26.8 Å². The lowest BCUT2D eigenvalue weighted by Gasteiger charge is -2.24. The molecule has 23 heavy (non-hydrogen) atoms. The molecule has 2 atom stereocenters. The molecule has 0 aromatic heterocycles. The van der Waals surface area contributed by atoms with E-state index in [2.05, 4.69) is 4.72 Å². The largest absolute Gasteiger partial charge is 0.274 e. The van der Waals surface area contributed by atoms with Crippen molar-refractivity contribution in [1.82, 2.24) is 4.72 Å². The van der Waals surface area contributed by atoms with Crippen molar-refractivity contribution in [3.8, 4) is 0 Å². The summed E-state index contributed by atoms with van der Waals surface area (Å²) in [6.45, 7) is 3.24. The molecule has 0 unspecified atom stereocenters. The first-order chi connectivity index (χ1) is 10.7. The minimum Gasteiger partial charge on any atom is -0.274 e. The van der Waals surface area contributed by atoms with E-state index in [0.717, 1.165) is 0 Å². The summed E-state index contributed by atoms with van der Waals surface area (Å²) in [7, 11) is -4.15. The van der Waals surface area contributed by atoms with E-state index in [9.17, 15) is 23.3 Å². The molecule has 1 amide bonds. The molecule has 2 rings (SSSR count). The summed E-state index contributed by atoms with van der Waals surface area (Å²) in [4.78, 5) is 22.3. The highest BCUT2D eigenvalue weighted by Gasteiger charge is 2.30. The predicted molar refractivity (Wildman–Crippen MR) is 84.2 cm³/mol. The fourth-order valence-corrected chi connectivity index (χ4v) is 3.96. The van der Waals surface area contributed by atoms with E-state index in [1.165, 1.54) is 25.1 Å². The Morgan fingerprint density at radius 3 is 2.57 bits per heavy atom. The summed E-state index contributed by atoms with van der Waals surface area (Å²) in [6, 6.07) is 3.77.